The fraction of sp³-hybridized carbons (Fsp3) is 0.462. The molecule has 3 rings (SSSR count). The Kier molecular flexibility index (Phi) is 3.04. The van der Waals surface area contributed by atoms with E-state index in [-0.39, 0.29) is 18.1 Å². The number of halogens is 1. The fourth-order valence-corrected chi connectivity index (χ4v) is 2.28. The molecule has 1 aliphatic carbocycles. The smallest absolute Gasteiger partial charge is 0.251 e. The van der Waals surface area contributed by atoms with E-state index in [0.717, 1.165) is 0 Å². The number of ether oxygens (including phenoxy) is 2. The highest BCUT2D eigenvalue weighted by Crippen LogP contribution is 2.35. The summed E-state index contributed by atoms with van der Waals surface area (Å²) in [5.41, 5.74) is 0.568. The van der Waals surface area contributed by atoms with E-state index in [0.29, 0.717) is 29.5 Å². The molecule has 5 heteroatoms. The van der Waals surface area contributed by atoms with Crippen molar-refractivity contribution in [1.82, 2.24) is 5.32 Å². The molecule has 96 valence electrons. The quantitative estimate of drug-likeness (QED) is 0.851. The van der Waals surface area contributed by atoms with Crippen LogP contribution in [0.2, 0.25) is 0 Å². The van der Waals surface area contributed by atoms with Crippen LogP contribution in [0.3, 0.4) is 0 Å². The number of amides is 1. The predicted octanol–water partition coefficient (Wildman–Crippen LogP) is 2.16. The number of nitrogens with one attached hydrogen (secondary N) is 1. The number of carbonyl (C=O) groups is 1. The molecule has 1 unspecified atom stereocenters. The van der Waals surface area contributed by atoms with Gasteiger partial charge in [-0.15, -0.1) is 11.6 Å². The Labute approximate surface area is 110 Å². The van der Waals surface area contributed by atoms with Crippen molar-refractivity contribution in [2.24, 2.45) is 5.92 Å². The van der Waals surface area contributed by atoms with Crippen LogP contribution in [-0.2, 0) is 0 Å². The second kappa shape index (κ2) is 4.69. The van der Waals surface area contributed by atoms with Crippen LogP contribution in [0.25, 0.3) is 0 Å². The van der Waals surface area contributed by atoms with Gasteiger partial charge in [0.25, 0.3) is 5.91 Å². The number of alkyl halides is 1. The topological polar surface area (TPSA) is 47.6 Å². The zero-order chi connectivity index (χ0) is 12.5. The van der Waals surface area contributed by atoms with Crippen LogP contribution >= 0.6 is 11.6 Å². The monoisotopic (exact) mass is 267 g/mol. The molecule has 1 N–H and O–H groups in total. The summed E-state index contributed by atoms with van der Waals surface area (Å²) in [5, 5.41) is 2.89. The number of rotatable bonds is 4. The molecule has 2 aliphatic rings. The van der Waals surface area contributed by atoms with E-state index in [2.05, 4.69) is 5.32 Å². The highest BCUT2D eigenvalue weighted by Gasteiger charge is 2.29. The van der Waals surface area contributed by atoms with Gasteiger partial charge in [0.1, 0.15) is 0 Å². The van der Waals surface area contributed by atoms with Crippen molar-refractivity contribution in [3.63, 3.8) is 0 Å². The third-order valence-electron chi connectivity index (χ3n) is 3.23. The molecule has 1 saturated carbocycles. The van der Waals surface area contributed by atoms with Crippen molar-refractivity contribution in [2.75, 3.05) is 13.3 Å². The van der Waals surface area contributed by atoms with Crippen LogP contribution in [0.4, 0.5) is 0 Å². The molecule has 1 aromatic carbocycles. The van der Waals surface area contributed by atoms with Gasteiger partial charge in [-0.25, -0.2) is 0 Å². The van der Waals surface area contributed by atoms with E-state index in [1.807, 2.05) is 0 Å². The third-order valence-corrected chi connectivity index (χ3v) is 3.74. The van der Waals surface area contributed by atoms with Gasteiger partial charge in [-0.1, -0.05) is 0 Å². The maximum absolute atomic E-state index is 11.9. The second-order valence-electron chi connectivity index (χ2n) is 4.63. The van der Waals surface area contributed by atoms with Crippen molar-refractivity contribution >= 4 is 17.5 Å². The Hall–Kier alpha value is -1.42. The largest absolute Gasteiger partial charge is 0.454 e. The summed E-state index contributed by atoms with van der Waals surface area (Å²) in [4.78, 5) is 11.9. The Morgan fingerprint density at radius 3 is 2.94 bits per heavy atom. The molecule has 0 aromatic heterocycles. The molecule has 1 aromatic rings. The fourth-order valence-electron chi connectivity index (χ4n) is 1.95. The van der Waals surface area contributed by atoms with E-state index in [1.54, 1.807) is 18.2 Å². The molecule has 1 atom stereocenters. The van der Waals surface area contributed by atoms with Crippen LogP contribution in [0.1, 0.15) is 23.2 Å². The Morgan fingerprint density at radius 2 is 2.17 bits per heavy atom. The van der Waals surface area contributed by atoms with Gasteiger partial charge in [-0.3, -0.25) is 4.79 Å². The average molecular weight is 268 g/mol. The number of hydrogen-bond donors (Lipinski definition) is 1. The molecule has 1 heterocycles. The molecule has 0 saturated heterocycles. The van der Waals surface area contributed by atoms with Gasteiger partial charge >= 0.3 is 0 Å². The second-order valence-corrected chi connectivity index (χ2v) is 5.19. The number of fused-ring (bicyclic) bond motifs is 1. The first-order chi connectivity index (χ1) is 8.74. The minimum Gasteiger partial charge on any atom is -0.454 e. The lowest BCUT2D eigenvalue weighted by Crippen LogP contribution is -2.30. The van der Waals surface area contributed by atoms with Gasteiger partial charge in [0.05, 0.1) is 5.38 Å². The van der Waals surface area contributed by atoms with Crippen LogP contribution in [0, 0.1) is 5.92 Å². The molecular formula is C13H14ClNO3. The first-order valence-corrected chi connectivity index (χ1v) is 6.49. The molecule has 1 aliphatic heterocycles. The summed E-state index contributed by atoms with van der Waals surface area (Å²) in [6.07, 6.45) is 2.35. The lowest BCUT2D eigenvalue weighted by Gasteiger charge is -2.09. The van der Waals surface area contributed by atoms with Gasteiger partial charge in [0.2, 0.25) is 6.79 Å². The minimum absolute atomic E-state index is 0.0444. The van der Waals surface area contributed by atoms with Crippen LogP contribution in [-0.4, -0.2) is 24.6 Å². The highest BCUT2D eigenvalue weighted by molar-refractivity contribution is 6.21. The number of benzene rings is 1. The van der Waals surface area contributed by atoms with Crippen LogP contribution in [0.5, 0.6) is 11.5 Å². The Bertz CT molecular complexity index is 473. The first-order valence-electron chi connectivity index (χ1n) is 6.06. The molecule has 1 amide bonds. The van der Waals surface area contributed by atoms with Crippen molar-refractivity contribution < 1.29 is 14.3 Å². The van der Waals surface area contributed by atoms with Gasteiger partial charge in [-0.05, 0) is 37.0 Å². The molecule has 0 radical (unpaired) electrons. The van der Waals surface area contributed by atoms with Gasteiger partial charge in [0.15, 0.2) is 11.5 Å². The summed E-state index contributed by atoms with van der Waals surface area (Å²) in [7, 11) is 0. The van der Waals surface area contributed by atoms with Gasteiger partial charge in [0, 0.05) is 12.1 Å². The third kappa shape index (κ3) is 2.38. The normalized spacial score (nSPS) is 18.5. The predicted molar refractivity (Wildman–Crippen MR) is 67.3 cm³/mol. The molecular weight excluding hydrogens is 254 g/mol. The average Bonchev–Trinajstić information content (AvgIpc) is 3.13. The first kappa shape index (κ1) is 11.7. The van der Waals surface area contributed by atoms with Crippen molar-refractivity contribution in [2.45, 2.75) is 18.2 Å². The molecule has 0 spiro atoms. The van der Waals surface area contributed by atoms with Gasteiger partial charge in [-0.2, -0.15) is 0 Å². The molecule has 18 heavy (non-hydrogen) atoms. The highest BCUT2D eigenvalue weighted by atomic mass is 35.5. The van der Waals surface area contributed by atoms with Crippen LogP contribution in [0.15, 0.2) is 18.2 Å². The minimum atomic E-state index is -0.125. The summed E-state index contributed by atoms with van der Waals surface area (Å²) in [6, 6.07) is 5.16. The Morgan fingerprint density at radius 1 is 1.39 bits per heavy atom. The summed E-state index contributed by atoms with van der Waals surface area (Å²) in [5.74, 6) is 1.75. The van der Waals surface area contributed by atoms with Crippen molar-refractivity contribution in [3.05, 3.63) is 23.8 Å². The lowest BCUT2D eigenvalue weighted by molar-refractivity contribution is 0.0952. The van der Waals surface area contributed by atoms with E-state index in [9.17, 15) is 4.79 Å². The lowest BCUT2D eigenvalue weighted by atomic mass is 10.2. The van der Waals surface area contributed by atoms with E-state index in [4.69, 9.17) is 21.1 Å². The standard InChI is InChI=1S/C13H14ClNO3/c14-10(8-1-2-8)6-15-13(16)9-3-4-11-12(5-9)18-7-17-11/h3-5,8,10H,1-2,6-7H2,(H,15,16). The van der Waals surface area contributed by atoms with Crippen molar-refractivity contribution in [1.29, 1.82) is 0 Å². The molecule has 0 bridgehead atoms. The van der Waals surface area contributed by atoms with Crippen molar-refractivity contribution in [3.8, 4) is 11.5 Å². The summed E-state index contributed by atoms with van der Waals surface area (Å²) in [6.45, 7) is 0.728. The number of carbonyl (C=O) groups excluding carboxylic acids is 1. The zero-order valence-electron chi connectivity index (χ0n) is 9.82. The maximum Gasteiger partial charge on any atom is 0.251 e. The van der Waals surface area contributed by atoms with E-state index < -0.39 is 0 Å². The van der Waals surface area contributed by atoms with Crippen LogP contribution < -0.4 is 14.8 Å². The van der Waals surface area contributed by atoms with E-state index >= 15 is 0 Å². The number of hydrogen-bond acceptors (Lipinski definition) is 3. The maximum atomic E-state index is 11.9. The summed E-state index contributed by atoms with van der Waals surface area (Å²) >= 11 is 6.14. The SMILES string of the molecule is O=C(NCC(Cl)C1CC1)c1ccc2c(c1)OCO2. The molecule has 4 nitrogen and oxygen atoms in total. The Balaban J connectivity index is 1.61. The van der Waals surface area contributed by atoms with E-state index in [1.165, 1.54) is 12.8 Å². The molecule has 1 fully saturated rings. The zero-order valence-corrected chi connectivity index (χ0v) is 10.6. The van der Waals surface area contributed by atoms with Gasteiger partial charge < -0.3 is 14.8 Å². The summed E-state index contributed by atoms with van der Waals surface area (Å²) < 4.78 is 10.4.